The van der Waals surface area contributed by atoms with Gasteiger partial charge in [-0.25, -0.2) is 4.98 Å². The molecule has 0 saturated carbocycles. The Morgan fingerprint density at radius 1 is 1.29 bits per heavy atom. The molecular formula is C15H12N2O3S. The van der Waals surface area contributed by atoms with E-state index in [0.29, 0.717) is 5.13 Å². The lowest BCUT2D eigenvalue weighted by Crippen LogP contribution is -2.10. The maximum absolute atomic E-state index is 11.9. The molecule has 0 atom stereocenters. The van der Waals surface area contributed by atoms with Crippen LogP contribution in [0.1, 0.15) is 10.6 Å². The van der Waals surface area contributed by atoms with Gasteiger partial charge in [0.25, 0.3) is 5.91 Å². The van der Waals surface area contributed by atoms with Crippen LogP contribution in [0.25, 0.3) is 11.3 Å². The molecule has 0 aliphatic heterocycles. The molecule has 5 nitrogen and oxygen atoms in total. The van der Waals surface area contributed by atoms with Gasteiger partial charge in [0.2, 0.25) is 0 Å². The highest BCUT2D eigenvalue weighted by atomic mass is 32.1. The number of methoxy groups -OCH3 is 1. The van der Waals surface area contributed by atoms with Crippen molar-refractivity contribution in [1.82, 2.24) is 4.98 Å². The average molecular weight is 300 g/mol. The number of carbonyl (C=O) groups is 1. The summed E-state index contributed by atoms with van der Waals surface area (Å²) in [4.78, 5) is 16.3. The fraction of sp³-hybridized carbons (Fsp3) is 0.0667. The first-order chi connectivity index (χ1) is 10.3. The number of para-hydroxylation sites is 1. The molecule has 0 bridgehead atoms. The van der Waals surface area contributed by atoms with E-state index in [4.69, 9.17) is 9.15 Å². The zero-order chi connectivity index (χ0) is 14.7. The van der Waals surface area contributed by atoms with E-state index in [1.54, 1.807) is 19.2 Å². The van der Waals surface area contributed by atoms with Crippen molar-refractivity contribution in [3.8, 4) is 17.0 Å². The van der Waals surface area contributed by atoms with Gasteiger partial charge in [-0.2, -0.15) is 0 Å². The Bertz CT molecular complexity index is 750. The second kappa shape index (κ2) is 5.80. The highest BCUT2D eigenvalue weighted by Gasteiger charge is 2.13. The monoisotopic (exact) mass is 300 g/mol. The first-order valence-corrected chi connectivity index (χ1v) is 7.09. The number of aromatic nitrogens is 1. The molecule has 3 rings (SSSR count). The van der Waals surface area contributed by atoms with Crippen LogP contribution in [0, 0.1) is 0 Å². The standard InChI is InChI=1S/C15H12N2O3S/c1-19-12-6-3-2-5-10(12)11-9-21-15(16-11)17-14(18)13-7-4-8-20-13/h2-9H,1H3,(H,16,17,18). The average Bonchev–Trinajstić information content (AvgIpc) is 3.18. The molecule has 0 aliphatic rings. The zero-order valence-corrected chi connectivity index (χ0v) is 12.0. The molecule has 0 spiro atoms. The van der Waals surface area contributed by atoms with E-state index in [0.717, 1.165) is 17.0 Å². The molecule has 1 N–H and O–H groups in total. The second-order valence-electron chi connectivity index (χ2n) is 4.17. The molecule has 1 aromatic carbocycles. The molecule has 0 aliphatic carbocycles. The lowest BCUT2D eigenvalue weighted by Gasteiger charge is -2.04. The number of nitrogens with zero attached hydrogens (tertiary/aromatic N) is 1. The number of amides is 1. The van der Waals surface area contributed by atoms with Crippen LogP contribution in [0.3, 0.4) is 0 Å². The summed E-state index contributed by atoms with van der Waals surface area (Å²) in [6, 6.07) is 10.9. The number of nitrogens with one attached hydrogen (secondary N) is 1. The van der Waals surface area contributed by atoms with E-state index < -0.39 is 0 Å². The number of thiazole rings is 1. The molecule has 0 fully saturated rings. The highest BCUT2D eigenvalue weighted by Crippen LogP contribution is 2.31. The molecule has 106 valence electrons. The van der Waals surface area contributed by atoms with E-state index in [9.17, 15) is 4.79 Å². The fourth-order valence-corrected chi connectivity index (χ4v) is 2.58. The predicted octanol–water partition coefficient (Wildman–Crippen LogP) is 3.66. The number of carbonyl (C=O) groups excluding carboxylic acids is 1. The smallest absolute Gasteiger partial charge is 0.293 e. The SMILES string of the molecule is COc1ccccc1-c1csc(NC(=O)c2ccco2)n1. The van der Waals surface area contributed by atoms with Gasteiger partial charge in [0.05, 0.1) is 19.1 Å². The molecule has 6 heteroatoms. The third kappa shape index (κ3) is 2.80. The Hall–Kier alpha value is -2.60. The summed E-state index contributed by atoms with van der Waals surface area (Å²) in [5.41, 5.74) is 1.64. The molecule has 0 radical (unpaired) electrons. The summed E-state index contributed by atoms with van der Waals surface area (Å²) in [5.74, 6) is 0.677. The van der Waals surface area contributed by atoms with Crippen molar-refractivity contribution >= 4 is 22.4 Å². The Labute approximate surface area is 125 Å². The largest absolute Gasteiger partial charge is 0.496 e. The summed E-state index contributed by atoms with van der Waals surface area (Å²) < 4.78 is 10.4. The number of hydrogen-bond donors (Lipinski definition) is 1. The molecular weight excluding hydrogens is 288 g/mol. The lowest BCUT2D eigenvalue weighted by molar-refractivity contribution is 0.0996. The molecule has 0 unspecified atom stereocenters. The minimum atomic E-state index is -0.319. The van der Waals surface area contributed by atoms with Crippen LogP contribution in [-0.4, -0.2) is 18.0 Å². The van der Waals surface area contributed by atoms with Crippen LogP contribution >= 0.6 is 11.3 Å². The van der Waals surface area contributed by atoms with Crippen LogP contribution in [0.4, 0.5) is 5.13 Å². The minimum absolute atomic E-state index is 0.254. The van der Waals surface area contributed by atoms with E-state index in [2.05, 4.69) is 10.3 Å². The fourth-order valence-electron chi connectivity index (χ4n) is 1.88. The van der Waals surface area contributed by atoms with Crippen LogP contribution in [0.5, 0.6) is 5.75 Å². The van der Waals surface area contributed by atoms with Gasteiger partial charge in [-0.3, -0.25) is 10.1 Å². The summed E-state index contributed by atoms with van der Waals surface area (Å²) in [6.07, 6.45) is 1.46. The number of hydrogen-bond acceptors (Lipinski definition) is 5. The number of rotatable bonds is 4. The Balaban J connectivity index is 1.82. The Morgan fingerprint density at radius 2 is 2.14 bits per heavy atom. The van der Waals surface area contributed by atoms with Crippen LogP contribution < -0.4 is 10.1 Å². The van der Waals surface area contributed by atoms with Gasteiger partial charge >= 0.3 is 0 Å². The van der Waals surface area contributed by atoms with Crippen molar-refractivity contribution in [2.75, 3.05) is 12.4 Å². The topological polar surface area (TPSA) is 64.4 Å². The van der Waals surface area contributed by atoms with Gasteiger partial charge in [0.15, 0.2) is 10.9 Å². The van der Waals surface area contributed by atoms with Crippen molar-refractivity contribution < 1.29 is 13.9 Å². The van der Waals surface area contributed by atoms with Gasteiger partial charge in [-0.15, -0.1) is 11.3 Å². The maximum Gasteiger partial charge on any atom is 0.293 e. The van der Waals surface area contributed by atoms with Gasteiger partial charge in [-0.1, -0.05) is 12.1 Å². The van der Waals surface area contributed by atoms with Crippen molar-refractivity contribution in [3.63, 3.8) is 0 Å². The van der Waals surface area contributed by atoms with Gasteiger partial charge in [0.1, 0.15) is 5.75 Å². The Kier molecular flexibility index (Phi) is 3.70. The van der Waals surface area contributed by atoms with Gasteiger partial charge in [-0.05, 0) is 24.3 Å². The third-order valence-corrected chi connectivity index (χ3v) is 3.61. The van der Waals surface area contributed by atoms with Crippen molar-refractivity contribution in [3.05, 3.63) is 53.8 Å². The molecule has 2 heterocycles. The van der Waals surface area contributed by atoms with Crippen molar-refractivity contribution in [2.45, 2.75) is 0 Å². The van der Waals surface area contributed by atoms with Crippen molar-refractivity contribution in [1.29, 1.82) is 0 Å². The van der Waals surface area contributed by atoms with Crippen LogP contribution in [0.15, 0.2) is 52.5 Å². The molecule has 2 aromatic heterocycles. The molecule has 1 amide bonds. The first kappa shape index (κ1) is 13.4. The summed E-state index contributed by atoms with van der Waals surface area (Å²) in [7, 11) is 1.62. The van der Waals surface area contributed by atoms with E-state index in [-0.39, 0.29) is 11.7 Å². The second-order valence-corrected chi connectivity index (χ2v) is 5.03. The number of ether oxygens (including phenoxy) is 1. The van der Waals surface area contributed by atoms with E-state index in [1.165, 1.54) is 17.6 Å². The van der Waals surface area contributed by atoms with Crippen LogP contribution in [0.2, 0.25) is 0 Å². The van der Waals surface area contributed by atoms with E-state index >= 15 is 0 Å². The van der Waals surface area contributed by atoms with Gasteiger partial charge < -0.3 is 9.15 Å². The first-order valence-electron chi connectivity index (χ1n) is 6.21. The van der Waals surface area contributed by atoms with Gasteiger partial charge in [0, 0.05) is 10.9 Å². The summed E-state index contributed by atoms with van der Waals surface area (Å²) in [5, 5.41) is 5.09. The molecule has 3 aromatic rings. The number of benzene rings is 1. The van der Waals surface area contributed by atoms with E-state index in [1.807, 2.05) is 29.6 Å². The predicted molar refractivity (Wildman–Crippen MR) is 80.8 cm³/mol. The van der Waals surface area contributed by atoms with Crippen LogP contribution in [-0.2, 0) is 0 Å². The lowest BCUT2D eigenvalue weighted by atomic mass is 10.1. The summed E-state index contributed by atoms with van der Waals surface area (Å²) in [6.45, 7) is 0. The number of furan rings is 1. The molecule has 21 heavy (non-hydrogen) atoms. The number of anilines is 1. The highest BCUT2D eigenvalue weighted by molar-refractivity contribution is 7.14. The maximum atomic E-state index is 11.9. The normalized spacial score (nSPS) is 10.3. The quantitative estimate of drug-likeness (QED) is 0.798. The minimum Gasteiger partial charge on any atom is -0.496 e. The zero-order valence-electron chi connectivity index (χ0n) is 11.2. The Morgan fingerprint density at radius 3 is 2.90 bits per heavy atom. The molecule has 0 saturated heterocycles. The van der Waals surface area contributed by atoms with Crippen molar-refractivity contribution in [2.24, 2.45) is 0 Å². The summed E-state index contributed by atoms with van der Waals surface area (Å²) >= 11 is 1.35. The third-order valence-electron chi connectivity index (χ3n) is 2.85.